The van der Waals surface area contributed by atoms with Crippen LogP contribution in [0.1, 0.15) is 20.3 Å². The second-order valence-corrected chi connectivity index (χ2v) is 7.14. The molecule has 1 amide bonds. The first-order chi connectivity index (χ1) is 6.35. The molecule has 0 N–H and O–H groups in total. The van der Waals surface area contributed by atoms with Gasteiger partial charge in [-0.25, -0.2) is 12.7 Å². The third kappa shape index (κ3) is 1.54. The van der Waals surface area contributed by atoms with Crippen LogP contribution in [0.5, 0.6) is 0 Å². The van der Waals surface area contributed by atoms with E-state index in [9.17, 15) is 13.2 Å². The van der Waals surface area contributed by atoms with E-state index in [1.54, 1.807) is 11.8 Å². The maximum atomic E-state index is 11.6. The molecule has 0 aliphatic carbocycles. The number of hydrogen-bond acceptors (Lipinski definition) is 4. The Morgan fingerprint density at radius 1 is 1.43 bits per heavy atom. The Hall–Kier alpha value is -0.230. The molecule has 0 aromatic carbocycles. The number of sulfonamides is 1. The van der Waals surface area contributed by atoms with Gasteiger partial charge < -0.3 is 0 Å². The van der Waals surface area contributed by atoms with Gasteiger partial charge in [-0.05, 0) is 32.3 Å². The molecule has 1 saturated heterocycles. The predicted octanol–water partition coefficient (Wildman–Crippen LogP) is 0.690. The van der Waals surface area contributed by atoms with E-state index in [-0.39, 0.29) is 5.91 Å². The summed E-state index contributed by atoms with van der Waals surface area (Å²) in [5.41, 5.74) is 0. The highest BCUT2D eigenvalue weighted by atomic mass is 32.2. The molecule has 1 heterocycles. The van der Waals surface area contributed by atoms with Gasteiger partial charge in [0.15, 0.2) is 4.75 Å². The van der Waals surface area contributed by atoms with E-state index in [2.05, 4.69) is 0 Å². The van der Waals surface area contributed by atoms with Gasteiger partial charge in [0.25, 0.3) is 15.9 Å². The second-order valence-electron chi connectivity index (χ2n) is 3.74. The number of nitrogens with zero attached hydrogens (tertiary/aromatic N) is 1. The lowest BCUT2D eigenvalue weighted by molar-refractivity contribution is -0.132. The smallest absolute Gasteiger partial charge is 0.258 e. The van der Waals surface area contributed by atoms with E-state index >= 15 is 0 Å². The lowest BCUT2D eigenvalue weighted by Crippen LogP contribution is -2.67. The van der Waals surface area contributed by atoms with Crippen molar-refractivity contribution in [3.8, 4) is 0 Å². The molecule has 4 nitrogen and oxygen atoms in total. The summed E-state index contributed by atoms with van der Waals surface area (Å²) >= 11 is 1.65. The normalized spacial score (nSPS) is 23.4. The number of hydrogen-bond donors (Lipinski definition) is 0. The van der Waals surface area contributed by atoms with Gasteiger partial charge in [-0.15, -0.1) is 0 Å². The standard InChI is InChI=1S/C8H15NO3S2/c1-8(2)7(10)9(14(8,11)12)5-4-6-13-3/h4-6H2,1-3H3. The molecule has 6 heteroatoms. The average molecular weight is 237 g/mol. The van der Waals surface area contributed by atoms with Gasteiger partial charge in [-0.3, -0.25) is 4.79 Å². The molecule has 1 aliphatic heterocycles. The van der Waals surface area contributed by atoms with Crippen LogP contribution in [0.3, 0.4) is 0 Å². The van der Waals surface area contributed by atoms with E-state index in [1.165, 1.54) is 13.8 Å². The average Bonchev–Trinajstić information content (AvgIpc) is 2.11. The molecule has 14 heavy (non-hydrogen) atoms. The van der Waals surface area contributed by atoms with Crippen molar-refractivity contribution in [2.24, 2.45) is 0 Å². The van der Waals surface area contributed by atoms with Crippen LogP contribution in [0.2, 0.25) is 0 Å². The molecule has 1 rings (SSSR count). The summed E-state index contributed by atoms with van der Waals surface area (Å²) in [5.74, 6) is 0.596. The number of carbonyl (C=O) groups is 1. The zero-order valence-electron chi connectivity index (χ0n) is 8.61. The first-order valence-corrected chi connectivity index (χ1v) is 7.24. The highest BCUT2D eigenvalue weighted by molar-refractivity contribution is 7.98. The Balaban J connectivity index is 2.63. The predicted molar refractivity (Wildman–Crippen MR) is 57.7 cm³/mol. The van der Waals surface area contributed by atoms with Crippen molar-refractivity contribution in [1.82, 2.24) is 4.31 Å². The van der Waals surface area contributed by atoms with Crippen LogP contribution >= 0.6 is 11.8 Å². The molecule has 1 fully saturated rings. The van der Waals surface area contributed by atoms with Gasteiger partial charge in [0, 0.05) is 6.54 Å². The Labute approximate surface area is 89.1 Å². The largest absolute Gasteiger partial charge is 0.272 e. The Morgan fingerprint density at radius 3 is 2.43 bits per heavy atom. The topological polar surface area (TPSA) is 54.5 Å². The highest BCUT2D eigenvalue weighted by Gasteiger charge is 2.59. The van der Waals surface area contributed by atoms with Gasteiger partial charge in [0.05, 0.1) is 0 Å². The number of carbonyl (C=O) groups excluding carboxylic acids is 1. The minimum absolute atomic E-state index is 0.279. The summed E-state index contributed by atoms with van der Waals surface area (Å²) in [6.07, 6.45) is 2.68. The van der Waals surface area contributed by atoms with E-state index in [0.717, 1.165) is 16.5 Å². The third-order valence-corrected chi connectivity index (χ3v) is 5.48. The van der Waals surface area contributed by atoms with Crippen LogP contribution in [0, 0.1) is 0 Å². The van der Waals surface area contributed by atoms with Crippen LogP contribution in [-0.2, 0) is 14.8 Å². The molecule has 0 aromatic heterocycles. The molecule has 0 aromatic rings. The lowest BCUT2D eigenvalue weighted by Gasteiger charge is -2.43. The molecule has 0 bridgehead atoms. The number of amides is 1. The molecule has 82 valence electrons. The summed E-state index contributed by atoms with van der Waals surface area (Å²) in [5, 5.41) is 0. The monoisotopic (exact) mass is 237 g/mol. The zero-order chi connectivity index (χ0) is 11.0. The highest BCUT2D eigenvalue weighted by Crippen LogP contribution is 2.34. The SMILES string of the molecule is CSCCCN1C(=O)C(C)(C)S1(=O)=O. The van der Waals surface area contributed by atoms with Crippen molar-refractivity contribution in [2.75, 3.05) is 18.6 Å². The van der Waals surface area contributed by atoms with Crippen molar-refractivity contribution in [3.63, 3.8) is 0 Å². The lowest BCUT2D eigenvalue weighted by atomic mass is 10.2. The van der Waals surface area contributed by atoms with Crippen LogP contribution in [-0.4, -0.2) is 41.9 Å². The summed E-state index contributed by atoms with van der Waals surface area (Å²) in [6, 6.07) is 0. The Bertz CT molecular complexity index is 334. The van der Waals surface area contributed by atoms with Crippen molar-refractivity contribution in [3.05, 3.63) is 0 Å². The molecule has 0 saturated carbocycles. The van der Waals surface area contributed by atoms with Gasteiger partial charge in [-0.1, -0.05) is 0 Å². The van der Waals surface area contributed by atoms with Crippen LogP contribution < -0.4 is 0 Å². The van der Waals surface area contributed by atoms with E-state index in [0.29, 0.717) is 6.54 Å². The van der Waals surface area contributed by atoms with Crippen molar-refractivity contribution in [2.45, 2.75) is 25.0 Å². The molecular weight excluding hydrogens is 222 g/mol. The zero-order valence-corrected chi connectivity index (χ0v) is 10.2. The van der Waals surface area contributed by atoms with Gasteiger partial charge >= 0.3 is 0 Å². The van der Waals surface area contributed by atoms with Crippen molar-refractivity contribution in [1.29, 1.82) is 0 Å². The van der Waals surface area contributed by atoms with Gasteiger partial charge in [0.2, 0.25) is 0 Å². The van der Waals surface area contributed by atoms with Crippen LogP contribution in [0.15, 0.2) is 0 Å². The summed E-state index contributed by atoms with van der Waals surface area (Å²) in [4.78, 5) is 11.4. The first-order valence-electron chi connectivity index (χ1n) is 4.41. The number of rotatable bonds is 4. The maximum absolute atomic E-state index is 11.6. The maximum Gasteiger partial charge on any atom is 0.258 e. The Morgan fingerprint density at radius 2 is 2.00 bits per heavy atom. The Kier molecular flexibility index (Phi) is 3.16. The quantitative estimate of drug-likeness (QED) is 0.675. The van der Waals surface area contributed by atoms with Crippen LogP contribution in [0.25, 0.3) is 0 Å². The molecule has 0 atom stereocenters. The van der Waals surface area contributed by atoms with Crippen LogP contribution in [0.4, 0.5) is 0 Å². The summed E-state index contributed by atoms with van der Waals surface area (Å²) < 4.78 is 22.9. The molecule has 1 aliphatic rings. The van der Waals surface area contributed by atoms with E-state index in [4.69, 9.17) is 0 Å². The van der Waals surface area contributed by atoms with E-state index < -0.39 is 14.8 Å². The van der Waals surface area contributed by atoms with Gasteiger partial charge in [-0.2, -0.15) is 11.8 Å². The first kappa shape index (κ1) is 11.8. The minimum atomic E-state index is -3.36. The fraction of sp³-hybridized carbons (Fsp3) is 0.875. The minimum Gasteiger partial charge on any atom is -0.272 e. The fourth-order valence-electron chi connectivity index (χ4n) is 1.33. The molecule has 0 radical (unpaired) electrons. The summed E-state index contributed by atoms with van der Waals surface area (Å²) in [6.45, 7) is 3.23. The molecule has 0 unspecified atom stereocenters. The van der Waals surface area contributed by atoms with E-state index in [1.807, 2.05) is 6.26 Å². The number of thioether (sulfide) groups is 1. The molecule has 0 spiro atoms. The fourth-order valence-corrected chi connectivity index (χ4v) is 3.31. The van der Waals surface area contributed by atoms with Crippen molar-refractivity contribution < 1.29 is 13.2 Å². The third-order valence-electron chi connectivity index (χ3n) is 2.39. The second kappa shape index (κ2) is 3.73. The summed E-state index contributed by atoms with van der Waals surface area (Å²) in [7, 11) is -3.36. The van der Waals surface area contributed by atoms with Crippen molar-refractivity contribution >= 4 is 27.7 Å². The molecular formula is C8H15NO3S2. The van der Waals surface area contributed by atoms with Gasteiger partial charge in [0.1, 0.15) is 0 Å².